The minimum atomic E-state index is -0.366. The summed E-state index contributed by atoms with van der Waals surface area (Å²) in [5, 5.41) is 8.16. The van der Waals surface area contributed by atoms with Gasteiger partial charge < -0.3 is 5.32 Å². The Morgan fingerprint density at radius 3 is 2.52 bits per heavy atom. The molecule has 3 aromatic rings. The predicted octanol–water partition coefficient (Wildman–Crippen LogP) is 3.90. The number of fused-ring (bicyclic) bond motifs is 2. The number of thioether (sulfide) groups is 1. The zero-order chi connectivity index (χ0) is 21.5. The largest absolute Gasteiger partial charge is 0.310 e. The van der Waals surface area contributed by atoms with Gasteiger partial charge in [0.1, 0.15) is 5.82 Å². The van der Waals surface area contributed by atoms with Crippen LogP contribution >= 0.6 is 23.4 Å². The zero-order valence-electron chi connectivity index (χ0n) is 16.3. The highest BCUT2D eigenvalue weighted by Gasteiger charge is 2.35. The van der Waals surface area contributed by atoms with Crippen molar-refractivity contribution in [1.29, 1.82) is 0 Å². The van der Waals surface area contributed by atoms with Gasteiger partial charge in [-0.3, -0.25) is 19.3 Å². The number of hydrogen-bond donors (Lipinski definition) is 1. The number of nitrogens with one attached hydrogen (secondary N) is 1. The molecule has 0 atom stereocenters. The number of imide groups is 1. The van der Waals surface area contributed by atoms with E-state index in [9.17, 15) is 14.4 Å². The van der Waals surface area contributed by atoms with Crippen LogP contribution in [0.1, 0.15) is 38.4 Å². The summed E-state index contributed by atoms with van der Waals surface area (Å²) in [4.78, 5) is 38.9. The zero-order valence-corrected chi connectivity index (χ0v) is 17.9. The van der Waals surface area contributed by atoms with Crippen molar-refractivity contribution in [2.45, 2.75) is 17.9 Å². The fourth-order valence-corrected chi connectivity index (χ4v) is 5.01. The van der Waals surface area contributed by atoms with Crippen molar-refractivity contribution < 1.29 is 14.4 Å². The van der Waals surface area contributed by atoms with Crippen LogP contribution in [0.5, 0.6) is 0 Å². The first-order valence-corrected chi connectivity index (χ1v) is 11.3. The minimum absolute atomic E-state index is 0.00584. The summed E-state index contributed by atoms with van der Waals surface area (Å²) in [5.74, 6) is 1.11. The molecule has 1 N–H and O–H groups in total. The fourth-order valence-electron chi connectivity index (χ4n) is 3.79. The van der Waals surface area contributed by atoms with E-state index in [4.69, 9.17) is 11.6 Å². The van der Waals surface area contributed by atoms with Crippen molar-refractivity contribution in [2.75, 3.05) is 11.9 Å². The van der Waals surface area contributed by atoms with Gasteiger partial charge in [0.25, 0.3) is 11.8 Å². The van der Waals surface area contributed by atoms with E-state index < -0.39 is 0 Å². The summed E-state index contributed by atoms with van der Waals surface area (Å²) in [6.45, 7) is 0.0143. The molecular formula is C22H17ClN4O3S. The van der Waals surface area contributed by atoms with Gasteiger partial charge in [-0.15, -0.1) is 0 Å². The van der Waals surface area contributed by atoms with Crippen LogP contribution in [-0.2, 0) is 16.3 Å². The molecule has 0 bridgehead atoms. The number of nitrogens with zero attached hydrogens (tertiary/aromatic N) is 3. The van der Waals surface area contributed by atoms with Gasteiger partial charge in [-0.05, 0) is 30.3 Å². The molecule has 5 rings (SSSR count). The van der Waals surface area contributed by atoms with Crippen LogP contribution in [0.4, 0.5) is 5.82 Å². The number of carbonyl (C=O) groups is 3. The third-order valence-electron chi connectivity index (χ3n) is 5.30. The maximum Gasteiger partial charge on any atom is 0.261 e. The Bertz CT molecular complexity index is 1200. The molecule has 0 spiro atoms. The molecule has 2 aliphatic heterocycles. The van der Waals surface area contributed by atoms with E-state index in [1.807, 2.05) is 12.1 Å². The molecular weight excluding hydrogens is 436 g/mol. The molecule has 31 heavy (non-hydrogen) atoms. The summed E-state index contributed by atoms with van der Waals surface area (Å²) < 4.78 is 1.69. The van der Waals surface area contributed by atoms with E-state index in [2.05, 4.69) is 10.4 Å². The van der Waals surface area contributed by atoms with Gasteiger partial charge in [0.05, 0.1) is 22.5 Å². The number of halogens is 1. The van der Waals surface area contributed by atoms with Crippen LogP contribution in [-0.4, -0.2) is 38.9 Å². The number of hydrogen-bond acceptors (Lipinski definition) is 5. The normalized spacial score (nSPS) is 14.7. The first-order valence-electron chi connectivity index (χ1n) is 9.72. The number of amides is 3. The fraction of sp³-hybridized carbons (Fsp3) is 0.182. The minimum Gasteiger partial charge on any atom is -0.310 e. The van der Waals surface area contributed by atoms with Crippen molar-refractivity contribution >= 4 is 46.9 Å². The van der Waals surface area contributed by atoms with Crippen LogP contribution in [0.15, 0.2) is 48.5 Å². The van der Waals surface area contributed by atoms with Crippen molar-refractivity contribution in [2.24, 2.45) is 0 Å². The highest BCUT2D eigenvalue weighted by Crippen LogP contribution is 2.36. The van der Waals surface area contributed by atoms with Crippen molar-refractivity contribution in [1.82, 2.24) is 14.7 Å². The second-order valence-corrected chi connectivity index (χ2v) is 8.69. The third-order valence-corrected chi connectivity index (χ3v) is 6.51. The molecule has 2 aliphatic rings. The molecule has 2 aromatic carbocycles. The Morgan fingerprint density at radius 2 is 1.81 bits per heavy atom. The molecule has 1 aromatic heterocycles. The van der Waals surface area contributed by atoms with E-state index in [1.54, 1.807) is 52.8 Å². The summed E-state index contributed by atoms with van der Waals surface area (Å²) in [6.07, 6.45) is -0.00584. The molecule has 3 heterocycles. The number of benzene rings is 2. The first-order chi connectivity index (χ1) is 15.0. The second kappa shape index (κ2) is 7.86. The van der Waals surface area contributed by atoms with E-state index in [0.717, 1.165) is 33.4 Å². The van der Waals surface area contributed by atoms with Crippen molar-refractivity contribution in [3.05, 3.63) is 75.9 Å². The highest BCUT2D eigenvalue weighted by molar-refractivity contribution is 7.98. The molecule has 9 heteroatoms. The number of anilines is 1. The van der Waals surface area contributed by atoms with E-state index in [0.29, 0.717) is 22.0 Å². The van der Waals surface area contributed by atoms with Gasteiger partial charge in [-0.1, -0.05) is 29.8 Å². The Hall–Kier alpha value is -3.10. The van der Waals surface area contributed by atoms with Crippen molar-refractivity contribution in [3.63, 3.8) is 0 Å². The number of aromatic nitrogens is 2. The van der Waals surface area contributed by atoms with E-state index >= 15 is 0 Å². The Balaban J connectivity index is 1.34. The highest BCUT2D eigenvalue weighted by atomic mass is 35.5. The molecule has 3 amide bonds. The topological polar surface area (TPSA) is 84.3 Å². The SMILES string of the molecule is O=C(CCN1C(=O)c2ccccc2C1=O)Nc1c2c(nn1-c1cccc(Cl)c1)CSC2. The lowest BCUT2D eigenvalue weighted by atomic mass is 10.1. The Morgan fingerprint density at radius 1 is 1.06 bits per heavy atom. The van der Waals surface area contributed by atoms with Crippen molar-refractivity contribution in [3.8, 4) is 5.69 Å². The van der Waals surface area contributed by atoms with Crippen LogP contribution in [0, 0.1) is 0 Å². The van der Waals surface area contributed by atoms with Crippen LogP contribution in [0.3, 0.4) is 0 Å². The van der Waals surface area contributed by atoms with E-state index in [1.165, 1.54) is 0 Å². The molecule has 0 saturated carbocycles. The summed E-state index contributed by atoms with van der Waals surface area (Å²) >= 11 is 7.87. The molecule has 0 aliphatic carbocycles. The smallest absolute Gasteiger partial charge is 0.261 e. The van der Waals surface area contributed by atoms with Gasteiger partial charge in [0, 0.05) is 35.1 Å². The Labute approximate surface area is 187 Å². The van der Waals surface area contributed by atoms with Gasteiger partial charge in [0.15, 0.2) is 0 Å². The standard InChI is InChI=1S/C22H17ClN4O3S/c23-13-4-3-5-14(10-13)27-20(17-11-31-12-18(17)25-27)24-19(28)8-9-26-21(29)15-6-1-2-7-16(15)22(26)30/h1-7,10H,8-9,11-12H2,(H,24,28). The number of carbonyl (C=O) groups excluding carboxylic acids is 3. The van der Waals surface area contributed by atoms with E-state index in [-0.39, 0.29) is 30.7 Å². The lowest BCUT2D eigenvalue weighted by molar-refractivity contribution is -0.116. The first kappa shape index (κ1) is 19.8. The van der Waals surface area contributed by atoms with Gasteiger partial charge in [0.2, 0.25) is 5.91 Å². The molecule has 0 unspecified atom stereocenters. The average molecular weight is 453 g/mol. The maximum absolute atomic E-state index is 12.8. The van der Waals surface area contributed by atoms with Crippen LogP contribution in [0.2, 0.25) is 5.02 Å². The molecule has 0 radical (unpaired) electrons. The lowest BCUT2D eigenvalue weighted by Gasteiger charge is -2.15. The maximum atomic E-state index is 12.8. The molecule has 0 saturated heterocycles. The average Bonchev–Trinajstić information content (AvgIpc) is 3.42. The summed E-state index contributed by atoms with van der Waals surface area (Å²) in [7, 11) is 0. The predicted molar refractivity (Wildman–Crippen MR) is 119 cm³/mol. The quantitative estimate of drug-likeness (QED) is 0.593. The Kier molecular flexibility index (Phi) is 5.03. The van der Waals surface area contributed by atoms with Gasteiger partial charge in [-0.2, -0.15) is 16.9 Å². The van der Waals surface area contributed by atoms with Gasteiger partial charge in [-0.25, -0.2) is 4.68 Å². The summed E-state index contributed by atoms with van der Waals surface area (Å²) in [6, 6.07) is 13.9. The molecule has 0 fully saturated rings. The number of rotatable bonds is 5. The molecule has 156 valence electrons. The summed E-state index contributed by atoms with van der Waals surface area (Å²) in [5.41, 5.74) is 3.42. The van der Waals surface area contributed by atoms with Gasteiger partial charge >= 0.3 is 0 Å². The van der Waals surface area contributed by atoms with Crippen LogP contribution in [0.25, 0.3) is 5.69 Å². The van der Waals surface area contributed by atoms with Crippen LogP contribution < -0.4 is 5.32 Å². The second-order valence-electron chi connectivity index (χ2n) is 7.26. The lowest BCUT2D eigenvalue weighted by Crippen LogP contribution is -2.33. The monoisotopic (exact) mass is 452 g/mol. The molecule has 7 nitrogen and oxygen atoms in total. The third kappa shape index (κ3) is 3.51.